The van der Waals surface area contributed by atoms with Crippen LogP contribution in [0.15, 0.2) is 24.3 Å². The fourth-order valence-electron chi connectivity index (χ4n) is 1.63. The quantitative estimate of drug-likeness (QED) is 0.836. The van der Waals surface area contributed by atoms with Crippen molar-refractivity contribution in [2.75, 3.05) is 0 Å². The Bertz CT molecular complexity index is 466. The Balaban J connectivity index is 0.00000441. The van der Waals surface area contributed by atoms with Crippen molar-refractivity contribution in [3.8, 4) is 5.75 Å². The molecule has 1 aromatic rings. The van der Waals surface area contributed by atoms with Crippen molar-refractivity contribution in [3.63, 3.8) is 0 Å². The molecule has 0 heterocycles. The van der Waals surface area contributed by atoms with Gasteiger partial charge in [-0.1, -0.05) is 32.4 Å². The van der Waals surface area contributed by atoms with E-state index in [2.05, 4.69) is 10.1 Å². The highest BCUT2D eigenvalue weighted by Crippen LogP contribution is 2.22. The first kappa shape index (κ1) is 20.5. The van der Waals surface area contributed by atoms with E-state index >= 15 is 0 Å². The standard InChI is InChI=1S/C14H19F3N2O2.ClH/c1-3-9(2)12(18)13(20)19-8-10-4-6-11(7-5-10)21-14(15,16)17;/h4-7,9,12H,3,8,18H2,1-2H3,(H,19,20);1H. The van der Waals surface area contributed by atoms with Crippen LogP contribution in [0.3, 0.4) is 0 Å². The average Bonchev–Trinajstić information content (AvgIpc) is 2.42. The van der Waals surface area contributed by atoms with E-state index in [1.165, 1.54) is 24.3 Å². The number of rotatable bonds is 6. The Kier molecular flexibility index (Phi) is 8.26. The Hall–Kier alpha value is -1.47. The van der Waals surface area contributed by atoms with Gasteiger partial charge in [-0.25, -0.2) is 0 Å². The van der Waals surface area contributed by atoms with E-state index in [9.17, 15) is 18.0 Å². The molecule has 4 nitrogen and oxygen atoms in total. The van der Waals surface area contributed by atoms with Gasteiger partial charge in [0, 0.05) is 6.54 Å². The summed E-state index contributed by atoms with van der Waals surface area (Å²) in [6, 6.07) is 4.71. The number of amides is 1. The fourth-order valence-corrected chi connectivity index (χ4v) is 1.63. The van der Waals surface area contributed by atoms with Crippen LogP contribution >= 0.6 is 12.4 Å². The van der Waals surface area contributed by atoms with Gasteiger partial charge in [0.05, 0.1) is 6.04 Å². The Morgan fingerprint density at radius 1 is 1.32 bits per heavy atom. The van der Waals surface area contributed by atoms with E-state index < -0.39 is 12.4 Å². The Morgan fingerprint density at radius 2 is 1.86 bits per heavy atom. The maximum absolute atomic E-state index is 12.0. The summed E-state index contributed by atoms with van der Waals surface area (Å²) in [4.78, 5) is 11.8. The van der Waals surface area contributed by atoms with Crippen LogP contribution in [-0.4, -0.2) is 18.3 Å². The second kappa shape index (κ2) is 8.85. The van der Waals surface area contributed by atoms with Gasteiger partial charge < -0.3 is 15.8 Å². The number of halogens is 4. The molecule has 2 atom stereocenters. The van der Waals surface area contributed by atoms with Crippen molar-refractivity contribution in [1.82, 2.24) is 5.32 Å². The van der Waals surface area contributed by atoms with Gasteiger partial charge in [0.2, 0.25) is 5.91 Å². The van der Waals surface area contributed by atoms with E-state index in [1.807, 2.05) is 13.8 Å². The molecule has 1 amide bonds. The Morgan fingerprint density at radius 3 is 2.32 bits per heavy atom. The Labute approximate surface area is 133 Å². The lowest BCUT2D eigenvalue weighted by Gasteiger charge is -2.17. The molecule has 0 spiro atoms. The minimum Gasteiger partial charge on any atom is -0.406 e. The van der Waals surface area contributed by atoms with Gasteiger partial charge in [-0.15, -0.1) is 25.6 Å². The molecule has 0 radical (unpaired) electrons. The fraction of sp³-hybridized carbons (Fsp3) is 0.500. The van der Waals surface area contributed by atoms with Gasteiger partial charge in [0.25, 0.3) is 0 Å². The van der Waals surface area contributed by atoms with Gasteiger partial charge >= 0.3 is 6.36 Å². The largest absolute Gasteiger partial charge is 0.573 e. The number of alkyl halides is 3. The predicted octanol–water partition coefficient (Wildman–Crippen LogP) is 3.00. The van der Waals surface area contributed by atoms with Crippen LogP contribution in [0.25, 0.3) is 0 Å². The number of nitrogens with two attached hydrogens (primary N) is 1. The second-order valence-corrected chi connectivity index (χ2v) is 4.82. The third kappa shape index (κ3) is 7.00. The van der Waals surface area contributed by atoms with Gasteiger partial charge in [0.15, 0.2) is 0 Å². The van der Waals surface area contributed by atoms with Crippen molar-refractivity contribution < 1.29 is 22.7 Å². The summed E-state index contributed by atoms with van der Waals surface area (Å²) in [7, 11) is 0. The number of ether oxygens (including phenoxy) is 1. The summed E-state index contributed by atoms with van der Waals surface area (Å²) < 4.78 is 39.8. The van der Waals surface area contributed by atoms with Crippen LogP contribution in [0.4, 0.5) is 13.2 Å². The van der Waals surface area contributed by atoms with E-state index in [-0.39, 0.29) is 36.5 Å². The molecule has 22 heavy (non-hydrogen) atoms. The van der Waals surface area contributed by atoms with Crippen LogP contribution in [0.2, 0.25) is 0 Å². The first-order valence-electron chi connectivity index (χ1n) is 6.61. The summed E-state index contributed by atoms with van der Waals surface area (Å²) >= 11 is 0. The normalized spacial score (nSPS) is 13.7. The SMILES string of the molecule is CCC(C)C(N)C(=O)NCc1ccc(OC(F)(F)F)cc1.Cl. The molecule has 1 aromatic carbocycles. The number of nitrogens with one attached hydrogen (secondary N) is 1. The summed E-state index contributed by atoms with van der Waals surface area (Å²) in [5.41, 5.74) is 6.43. The molecular weight excluding hydrogens is 321 g/mol. The summed E-state index contributed by atoms with van der Waals surface area (Å²) in [5.74, 6) is -0.513. The molecule has 8 heteroatoms. The topological polar surface area (TPSA) is 64.4 Å². The molecule has 126 valence electrons. The van der Waals surface area contributed by atoms with E-state index in [1.54, 1.807) is 0 Å². The van der Waals surface area contributed by atoms with E-state index in [0.717, 1.165) is 6.42 Å². The average molecular weight is 341 g/mol. The van der Waals surface area contributed by atoms with Crippen molar-refractivity contribution in [2.24, 2.45) is 11.7 Å². The molecule has 0 bridgehead atoms. The molecule has 3 N–H and O–H groups in total. The van der Waals surface area contributed by atoms with Crippen LogP contribution in [0, 0.1) is 5.92 Å². The lowest BCUT2D eigenvalue weighted by atomic mass is 9.99. The van der Waals surface area contributed by atoms with Gasteiger partial charge in [0.1, 0.15) is 5.75 Å². The lowest BCUT2D eigenvalue weighted by Crippen LogP contribution is -2.44. The van der Waals surface area contributed by atoms with E-state index in [4.69, 9.17) is 5.73 Å². The second-order valence-electron chi connectivity index (χ2n) is 4.82. The first-order valence-corrected chi connectivity index (χ1v) is 6.61. The van der Waals surface area contributed by atoms with Crippen LogP contribution < -0.4 is 15.8 Å². The third-order valence-corrected chi connectivity index (χ3v) is 3.18. The molecule has 0 aliphatic carbocycles. The predicted molar refractivity (Wildman–Crippen MR) is 79.7 cm³/mol. The highest BCUT2D eigenvalue weighted by molar-refractivity contribution is 5.85. The molecule has 0 saturated carbocycles. The summed E-state index contributed by atoms with van der Waals surface area (Å²) in [6.45, 7) is 4.03. The van der Waals surface area contributed by atoms with E-state index in [0.29, 0.717) is 5.56 Å². The summed E-state index contributed by atoms with van der Waals surface area (Å²) in [6.07, 6.45) is -3.92. The summed E-state index contributed by atoms with van der Waals surface area (Å²) in [5, 5.41) is 2.65. The molecule has 0 aliphatic heterocycles. The molecule has 0 saturated heterocycles. The van der Waals surface area contributed by atoms with Crippen molar-refractivity contribution in [3.05, 3.63) is 29.8 Å². The molecule has 0 fully saturated rings. The monoisotopic (exact) mass is 340 g/mol. The lowest BCUT2D eigenvalue weighted by molar-refractivity contribution is -0.274. The highest BCUT2D eigenvalue weighted by Gasteiger charge is 2.30. The zero-order valence-corrected chi connectivity index (χ0v) is 13.1. The molecular formula is C14H20ClF3N2O2. The van der Waals surface area contributed by atoms with Gasteiger partial charge in [-0.3, -0.25) is 4.79 Å². The van der Waals surface area contributed by atoms with Crippen LogP contribution in [0.1, 0.15) is 25.8 Å². The molecule has 1 rings (SSSR count). The first-order chi connectivity index (χ1) is 9.73. The van der Waals surface area contributed by atoms with Crippen molar-refractivity contribution in [2.45, 2.75) is 39.2 Å². The highest BCUT2D eigenvalue weighted by atomic mass is 35.5. The molecule has 0 aromatic heterocycles. The molecule has 0 aliphatic rings. The van der Waals surface area contributed by atoms with Crippen LogP contribution in [0.5, 0.6) is 5.75 Å². The van der Waals surface area contributed by atoms with Gasteiger partial charge in [-0.2, -0.15) is 0 Å². The van der Waals surface area contributed by atoms with Crippen molar-refractivity contribution >= 4 is 18.3 Å². The maximum atomic E-state index is 12.0. The third-order valence-electron chi connectivity index (χ3n) is 3.18. The number of carbonyl (C=O) groups is 1. The van der Waals surface area contributed by atoms with Crippen LogP contribution in [-0.2, 0) is 11.3 Å². The maximum Gasteiger partial charge on any atom is 0.573 e. The number of carbonyl (C=O) groups excluding carboxylic acids is 1. The number of hydrogen-bond acceptors (Lipinski definition) is 3. The number of hydrogen-bond donors (Lipinski definition) is 2. The smallest absolute Gasteiger partial charge is 0.406 e. The van der Waals surface area contributed by atoms with Gasteiger partial charge in [-0.05, 0) is 23.6 Å². The zero-order valence-electron chi connectivity index (χ0n) is 12.3. The minimum atomic E-state index is -4.71. The van der Waals surface area contributed by atoms with Crippen molar-refractivity contribution in [1.29, 1.82) is 0 Å². The number of benzene rings is 1. The molecule has 2 unspecified atom stereocenters. The minimum absolute atomic E-state index is 0. The zero-order chi connectivity index (χ0) is 16.0.